The number of carbonyl (C=O) groups excluding carboxylic acids is 2. The molecule has 216 valence electrons. The Hall–Kier alpha value is -3.32. The lowest BCUT2D eigenvalue weighted by Crippen LogP contribution is -2.34. The summed E-state index contributed by atoms with van der Waals surface area (Å²) >= 11 is 6.63. The minimum atomic E-state index is -3.67. The number of pyridine rings is 1. The average molecular weight is 591 g/mol. The zero-order chi connectivity index (χ0) is 29.4. The van der Waals surface area contributed by atoms with Gasteiger partial charge >= 0.3 is 0 Å². The minimum absolute atomic E-state index is 0.00730. The first-order valence-corrected chi connectivity index (χ1v) is 15.0. The molecule has 3 heterocycles. The highest BCUT2D eigenvalue weighted by Crippen LogP contribution is 2.34. The summed E-state index contributed by atoms with van der Waals surface area (Å²) in [6.45, 7) is 3.75. The third kappa shape index (κ3) is 9.12. The lowest BCUT2D eigenvalue weighted by molar-refractivity contribution is -0.126. The van der Waals surface area contributed by atoms with Crippen LogP contribution in [-0.2, 0) is 14.9 Å². The maximum Gasteiger partial charge on any atom is 0.261 e. The normalized spacial score (nSPS) is 16.1. The Balaban J connectivity index is 0.000000810. The maximum absolute atomic E-state index is 13.1. The summed E-state index contributed by atoms with van der Waals surface area (Å²) in [4.78, 5) is 38.8. The van der Waals surface area contributed by atoms with Crippen LogP contribution >= 0.6 is 11.6 Å². The van der Waals surface area contributed by atoms with Gasteiger partial charge in [-0.25, -0.2) is 4.98 Å². The van der Waals surface area contributed by atoms with Crippen LogP contribution in [-0.4, -0.2) is 89.1 Å². The van der Waals surface area contributed by atoms with Crippen LogP contribution in [0.15, 0.2) is 48.7 Å². The number of anilines is 1. The highest BCUT2D eigenvalue weighted by Gasteiger charge is 2.27. The number of carbonyl (C=O) groups is 2. The first-order chi connectivity index (χ1) is 18.8. The van der Waals surface area contributed by atoms with Crippen molar-refractivity contribution in [2.24, 2.45) is 0 Å². The molecule has 11 nitrogen and oxygen atoms in total. The molecule has 1 aliphatic heterocycles. The van der Waals surface area contributed by atoms with E-state index in [4.69, 9.17) is 21.1 Å². The number of aromatic nitrogens is 3. The summed E-state index contributed by atoms with van der Waals surface area (Å²) in [5.41, 5.74) is 2.73. The number of hydrogen-bond donors (Lipinski definition) is 2. The second kappa shape index (κ2) is 13.8. The molecule has 0 unspecified atom stereocenters. The summed E-state index contributed by atoms with van der Waals surface area (Å²) in [6.07, 6.45) is 8.58. The van der Waals surface area contributed by atoms with Crippen LogP contribution < -0.4 is 5.32 Å². The van der Waals surface area contributed by atoms with Gasteiger partial charge in [-0.3, -0.25) is 24.4 Å². The molecule has 0 spiro atoms. The molecule has 13 heteroatoms. The number of rotatable bonds is 6. The third-order valence-electron chi connectivity index (χ3n) is 6.10. The van der Waals surface area contributed by atoms with Crippen LogP contribution in [0.25, 0.3) is 11.0 Å². The standard InChI is InChI=1S/C26H31ClN6O2.CH4O3S/c1-18-16-19(12-13-28-18)25(35)30-26-29-22-10-6-9-21(27)24(22)33(26)20-8-4-5-15-32(17-20)23(34)11-7-14-31(2)3;1-5(2,3)4/h6-7,9-13,16,20H,4-5,8,14-15,17H2,1-3H3,(H,29,30,35);1H3,(H,2,3,4)/b11-7+;/t20-;/m1./s1. The summed E-state index contributed by atoms with van der Waals surface area (Å²) in [5, 5.41) is 3.54. The number of benzene rings is 1. The molecular weight excluding hydrogens is 556 g/mol. The molecule has 2 aromatic heterocycles. The van der Waals surface area contributed by atoms with Crippen molar-refractivity contribution in [1.29, 1.82) is 0 Å². The lowest BCUT2D eigenvalue weighted by atomic mass is 10.1. The lowest BCUT2D eigenvalue weighted by Gasteiger charge is -2.26. The summed E-state index contributed by atoms with van der Waals surface area (Å²) in [6, 6.07) is 8.88. The molecule has 40 heavy (non-hydrogen) atoms. The van der Waals surface area contributed by atoms with Crippen LogP contribution in [0, 0.1) is 6.92 Å². The maximum atomic E-state index is 13.1. The zero-order valence-electron chi connectivity index (χ0n) is 23.0. The van der Waals surface area contributed by atoms with Crippen molar-refractivity contribution in [3.05, 3.63) is 65.0 Å². The monoisotopic (exact) mass is 590 g/mol. The van der Waals surface area contributed by atoms with Gasteiger partial charge in [-0.2, -0.15) is 8.42 Å². The van der Waals surface area contributed by atoms with Crippen molar-refractivity contribution in [1.82, 2.24) is 24.3 Å². The first kappa shape index (κ1) is 31.2. The van der Waals surface area contributed by atoms with E-state index in [0.717, 1.165) is 30.5 Å². The number of likely N-dealkylation sites (N-methyl/N-ethyl adjacent to an activating group) is 1. The predicted octanol–water partition coefficient (Wildman–Crippen LogP) is 3.82. The predicted molar refractivity (Wildman–Crippen MR) is 156 cm³/mol. The molecule has 0 aliphatic carbocycles. The Morgan fingerprint density at radius 3 is 2.65 bits per heavy atom. The smallest absolute Gasteiger partial charge is 0.261 e. The summed E-state index contributed by atoms with van der Waals surface area (Å²) in [7, 11) is 0.265. The number of aryl methyl sites for hydroxylation is 1. The number of hydrogen-bond acceptors (Lipinski definition) is 7. The number of imidazole rings is 1. The van der Waals surface area contributed by atoms with Crippen molar-refractivity contribution < 1.29 is 22.6 Å². The van der Waals surface area contributed by atoms with Gasteiger partial charge in [0.2, 0.25) is 11.9 Å². The van der Waals surface area contributed by atoms with Gasteiger partial charge in [0.25, 0.3) is 16.0 Å². The Labute approximate surface area is 239 Å². The number of nitrogens with zero attached hydrogens (tertiary/aromatic N) is 5. The van der Waals surface area contributed by atoms with E-state index in [1.165, 1.54) is 0 Å². The molecule has 0 radical (unpaired) electrons. The van der Waals surface area contributed by atoms with E-state index in [0.29, 0.717) is 47.9 Å². The Bertz CT molecular complexity index is 1480. The van der Waals surface area contributed by atoms with Crippen molar-refractivity contribution >= 4 is 50.5 Å². The van der Waals surface area contributed by atoms with Gasteiger partial charge in [-0.05, 0) is 64.5 Å². The minimum Gasteiger partial charge on any atom is -0.337 e. The first-order valence-electron chi connectivity index (χ1n) is 12.8. The van der Waals surface area contributed by atoms with Crippen molar-refractivity contribution in [2.75, 3.05) is 45.3 Å². The van der Waals surface area contributed by atoms with E-state index in [1.54, 1.807) is 24.4 Å². The zero-order valence-corrected chi connectivity index (χ0v) is 24.6. The van der Waals surface area contributed by atoms with E-state index in [2.05, 4.69) is 10.3 Å². The van der Waals surface area contributed by atoms with Gasteiger partial charge in [0.1, 0.15) is 0 Å². The molecule has 0 saturated carbocycles. The Morgan fingerprint density at radius 1 is 1.25 bits per heavy atom. The molecule has 4 rings (SSSR count). The van der Waals surface area contributed by atoms with Crippen LogP contribution in [0.3, 0.4) is 0 Å². The van der Waals surface area contributed by atoms with Crippen molar-refractivity contribution in [2.45, 2.75) is 32.2 Å². The second-order valence-electron chi connectivity index (χ2n) is 9.88. The SMILES string of the molecule is CS(=O)(=O)O.Cc1cc(C(=O)Nc2nc3cccc(Cl)c3n2[C@@H]2CCCCN(C(=O)/C=C/CN(C)C)C2)ccn1. The van der Waals surface area contributed by atoms with Gasteiger partial charge in [-0.1, -0.05) is 23.7 Å². The van der Waals surface area contributed by atoms with Gasteiger partial charge in [0, 0.05) is 43.2 Å². The molecule has 1 fully saturated rings. The number of para-hydroxylation sites is 1. The second-order valence-corrected chi connectivity index (χ2v) is 11.8. The van der Waals surface area contributed by atoms with E-state index in [-0.39, 0.29) is 17.9 Å². The topological polar surface area (TPSA) is 138 Å². The van der Waals surface area contributed by atoms with E-state index >= 15 is 0 Å². The van der Waals surface area contributed by atoms with Gasteiger partial charge < -0.3 is 14.4 Å². The molecule has 1 aromatic carbocycles. The number of halogens is 1. The number of amides is 2. The van der Waals surface area contributed by atoms with Crippen molar-refractivity contribution in [3.8, 4) is 0 Å². The largest absolute Gasteiger partial charge is 0.337 e. The fourth-order valence-corrected chi connectivity index (χ4v) is 4.67. The van der Waals surface area contributed by atoms with Gasteiger partial charge in [-0.15, -0.1) is 0 Å². The highest BCUT2D eigenvalue weighted by atomic mass is 35.5. The van der Waals surface area contributed by atoms with E-state index in [1.807, 2.05) is 59.7 Å². The fourth-order valence-electron chi connectivity index (χ4n) is 4.41. The number of likely N-dealkylation sites (tertiary alicyclic amines) is 1. The van der Waals surface area contributed by atoms with Crippen LogP contribution in [0.2, 0.25) is 5.02 Å². The van der Waals surface area contributed by atoms with Crippen LogP contribution in [0.4, 0.5) is 5.95 Å². The molecular formula is C27H35ClN6O5S. The molecule has 2 N–H and O–H groups in total. The average Bonchev–Trinajstić information content (AvgIpc) is 3.04. The molecule has 1 atom stereocenters. The summed E-state index contributed by atoms with van der Waals surface area (Å²) in [5.74, 6) is 0.151. The highest BCUT2D eigenvalue weighted by molar-refractivity contribution is 7.85. The molecule has 3 aromatic rings. The molecule has 2 amide bonds. The van der Waals surface area contributed by atoms with Crippen LogP contribution in [0.1, 0.15) is 41.4 Å². The van der Waals surface area contributed by atoms with Crippen LogP contribution in [0.5, 0.6) is 0 Å². The Morgan fingerprint density at radius 2 is 1.98 bits per heavy atom. The fraction of sp³-hybridized carbons (Fsp3) is 0.407. The van der Waals surface area contributed by atoms with Crippen molar-refractivity contribution in [3.63, 3.8) is 0 Å². The van der Waals surface area contributed by atoms with E-state index < -0.39 is 10.1 Å². The Kier molecular flexibility index (Phi) is 10.8. The number of nitrogens with one attached hydrogen (secondary N) is 1. The van der Waals surface area contributed by atoms with Gasteiger partial charge in [0.15, 0.2) is 0 Å². The summed E-state index contributed by atoms with van der Waals surface area (Å²) < 4.78 is 27.9. The molecule has 1 saturated heterocycles. The molecule has 0 bridgehead atoms. The molecule has 1 aliphatic rings. The third-order valence-corrected chi connectivity index (χ3v) is 6.40. The quantitative estimate of drug-likeness (QED) is 0.326. The van der Waals surface area contributed by atoms with Gasteiger partial charge in [0.05, 0.1) is 28.4 Å². The number of fused-ring (bicyclic) bond motifs is 1. The van der Waals surface area contributed by atoms with E-state index in [9.17, 15) is 18.0 Å².